The molecule has 7 aromatic rings. The van der Waals surface area contributed by atoms with E-state index in [4.69, 9.17) is 0 Å². The Bertz CT molecular complexity index is 1770. The van der Waals surface area contributed by atoms with Gasteiger partial charge in [0.25, 0.3) is 0 Å². The summed E-state index contributed by atoms with van der Waals surface area (Å²) in [5, 5.41) is 11.1. The zero-order chi connectivity index (χ0) is 25.3. The smallest absolute Gasteiger partial charge is 0.0549 e. The molecule has 1 aromatic carbocycles. The molecule has 0 saturated heterocycles. The van der Waals surface area contributed by atoms with E-state index in [1.54, 1.807) is 0 Å². The van der Waals surface area contributed by atoms with Gasteiger partial charge in [0.2, 0.25) is 0 Å². The molecular weight excluding hydrogens is 577 g/mol. The third-order valence-corrected chi connectivity index (χ3v) is 12.3. The molecule has 184 valence electrons. The largest absolute Gasteiger partial charge is 0.144 e. The number of rotatable bonds is 7. The van der Waals surface area contributed by atoms with Crippen LogP contribution in [0.3, 0.4) is 0 Å². The highest BCUT2D eigenvalue weighted by molar-refractivity contribution is 7.28. The van der Waals surface area contributed by atoms with Crippen molar-refractivity contribution < 1.29 is 0 Å². The van der Waals surface area contributed by atoms with Gasteiger partial charge in [0, 0.05) is 36.2 Å². The number of thiophene rings is 6. The second-order valence-electron chi connectivity index (χ2n) is 8.56. The monoisotopic (exact) mass is 596 g/mol. The van der Waals surface area contributed by atoms with Gasteiger partial charge < -0.3 is 0 Å². The summed E-state index contributed by atoms with van der Waals surface area (Å²) in [5.41, 5.74) is 6.57. The third-order valence-electron chi connectivity index (χ3n) is 6.24. The van der Waals surface area contributed by atoms with Crippen molar-refractivity contribution >= 4 is 80.2 Å². The summed E-state index contributed by atoms with van der Waals surface area (Å²) in [6, 6.07) is 28.3. The van der Waals surface area contributed by atoms with E-state index >= 15 is 0 Å². The molecule has 0 amide bonds. The van der Waals surface area contributed by atoms with Crippen molar-refractivity contribution in [3.05, 3.63) is 117 Å². The van der Waals surface area contributed by atoms with Gasteiger partial charge in [0.1, 0.15) is 0 Å². The third kappa shape index (κ3) is 4.51. The van der Waals surface area contributed by atoms with Crippen LogP contribution in [0, 0.1) is 0 Å². The van der Waals surface area contributed by atoms with Gasteiger partial charge in [-0.1, -0.05) is 66.7 Å². The maximum absolute atomic E-state index is 2.33. The molecule has 6 aromatic heterocycles. The lowest BCUT2D eigenvalue weighted by molar-refractivity contribution is 1.66. The molecule has 0 unspecified atom stereocenters. The molecule has 0 atom stereocenters. The van der Waals surface area contributed by atoms with Crippen LogP contribution in [0.5, 0.6) is 0 Å². The molecule has 0 N–H and O–H groups in total. The van der Waals surface area contributed by atoms with Crippen LogP contribution in [0.15, 0.2) is 106 Å². The summed E-state index contributed by atoms with van der Waals surface area (Å²) in [7, 11) is 0. The molecule has 0 aliphatic heterocycles. The van der Waals surface area contributed by atoms with Crippen LogP contribution < -0.4 is 0 Å². The SMILES string of the molecule is C(=Cc1csc(-c2sc(-c3cccs3)c(-c3cccs3)c2-c2cccs2)c1-c1cccs1)c1ccccc1. The molecule has 38 heavy (non-hydrogen) atoms. The molecule has 0 spiro atoms. The Hall–Kier alpha value is -2.84. The van der Waals surface area contributed by atoms with Crippen molar-refractivity contribution in [3.63, 3.8) is 0 Å². The molecule has 0 nitrogen and oxygen atoms in total. The van der Waals surface area contributed by atoms with Crippen LogP contribution in [-0.4, -0.2) is 0 Å². The Morgan fingerprint density at radius 3 is 1.55 bits per heavy atom. The minimum absolute atomic E-state index is 1.22. The van der Waals surface area contributed by atoms with Crippen LogP contribution in [0.2, 0.25) is 0 Å². The van der Waals surface area contributed by atoms with Gasteiger partial charge in [-0.05, 0) is 62.3 Å². The van der Waals surface area contributed by atoms with Crippen molar-refractivity contribution in [2.24, 2.45) is 0 Å². The second-order valence-corrected chi connectivity index (χ2v) is 14.2. The number of hydrogen-bond acceptors (Lipinski definition) is 6. The molecule has 0 fully saturated rings. The number of benzene rings is 1. The van der Waals surface area contributed by atoms with Crippen LogP contribution in [0.25, 0.3) is 63.0 Å². The molecule has 0 radical (unpaired) electrons. The summed E-state index contributed by atoms with van der Waals surface area (Å²) in [4.78, 5) is 9.40. The number of hydrogen-bond donors (Lipinski definition) is 0. The predicted molar refractivity (Wildman–Crippen MR) is 176 cm³/mol. The van der Waals surface area contributed by atoms with Crippen LogP contribution >= 0.6 is 68.0 Å². The molecule has 0 bridgehead atoms. The first-order valence-corrected chi connectivity index (χ1v) is 17.3. The lowest BCUT2D eigenvalue weighted by Crippen LogP contribution is -1.82. The van der Waals surface area contributed by atoms with E-state index in [1.165, 1.54) is 62.0 Å². The van der Waals surface area contributed by atoms with E-state index in [0.29, 0.717) is 0 Å². The van der Waals surface area contributed by atoms with E-state index in [1.807, 2.05) is 68.0 Å². The van der Waals surface area contributed by atoms with Gasteiger partial charge in [-0.3, -0.25) is 0 Å². The van der Waals surface area contributed by atoms with Crippen LogP contribution in [0.1, 0.15) is 11.1 Å². The Kier molecular flexibility index (Phi) is 6.84. The molecule has 0 aliphatic carbocycles. The first-order valence-electron chi connectivity index (χ1n) is 12.0. The first-order chi connectivity index (χ1) is 18.9. The second kappa shape index (κ2) is 10.7. The molecule has 0 aliphatic rings. The van der Waals surface area contributed by atoms with E-state index in [2.05, 4.69) is 118 Å². The zero-order valence-corrected chi connectivity index (χ0v) is 24.9. The minimum atomic E-state index is 1.22. The molecular formula is C32H20S6. The summed E-state index contributed by atoms with van der Waals surface area (Å²) in [5.74, 6) is 0. The quantitative estimate of drug-likeness (QED) is 0.172. The van der Waals surface area contributed by atoms with Crippen molar-refractivity contribution in [1.29, 1.82) is 0 Å². The molecule has 6 heteroatoms. The van der Waals surface area contributed by atoms with Gasteiger partial charge >= 0.3 is 0 Å². The Morgan fingerprint density at radius 2 is 0.974 bits per heavy atom. The average Bonchev–Trinajstić information content (AvgIpc) is 3.79. The fourth-order valence-corrected chi connectivity index (χ4v) is 10.5. The Labute approximate surface area is 246 Å². The molecule has 0 saturated carbocycles. The average molecular weight is 597 g/mol. The maximum Gasteiger partial charge on any atom is 0.0549 e. The van der Waals surface area contributed by atoms with E-state index in [0.717, 1.165) is 0 Å². The van der Waals surface area contributed by atoms with Crippen LogP contribution in [-0.2, 0) is 0 Å². The highest BCUT2D eigenvalue weighted by Gasteiger charge is 2.27. The summed E-state index contributed by atoms with van der Waals surface area (Å²) in [6.45, 7) is 0. The van der Waals surface area contributed by atoms with Crippen molar-refractivity contribution in [2.45, 2.75) is 0 Å². The predicted octanol–water partition coefficient (Wildman–Crippen LogP) is 12.6. The fourth-order valence-electron chi connectivity index (χ4n) is 4.57. The lowest BCUT2D eigenvalue weighted by atomic mass is 10.0. The highest BCUT2D eigenvalue weighted by Crippen LogP contribution is 2.57. The van der Waals surface area contributed by atoms with E-state index in [9.17, 15) is 0 Å². The van der Waals surface area contributed by atoms with Gasteiger partial charge in [0.05, 0.1) is 14.6 Å². The minimum Gasteiger partial charge on any atom is -0.144 e. The van der Waals surface area contributed by atoms with Crippen molar-refractivity contribution in [3.8, 4) is 50.8 Å². The molecule has 6 heterocycles. The first kappa shape index (κ1) is 24.2. The lowest BCUT2D eigenvalue weighted by Gasteiger charge is -2.08. The molecule has 7 rings (SSSR count). The van der Waals surface area contributed by atoms with Gasteiger partial charge in [0.15, 0.2) is 0 Å². The highest BCUT2D eigenvalue weighted by atomic mass is 32.1. The zero-order valence-electron chi connectivity index (χ0n) is 20.0. The normalized spacial score (nSPS) is 11.6. The maximum atomic E-state index is 2.33. The van der Waals surface area contributed by atoms with Crippen molar-refractivity contribution in [2.75, 3.05) is 0 Å². The van der Waals surface area contributed by atoms with Gasteiger partial charge in [-0.15, -0.1) is 68.0 Å². The van der Waals surface area contributed by atoms with Crippen molar-refractivity contribution in [1.82, 2.24) is 0 Å². The standard InChI is InChI=1S/C32H20S6/c1-2-8-21(9-3-1)14-15-22-20-37-31(27(22)23-10-4-16-33-23)32-29(25-12-6-18-35-25)28(24-11-5-17-34-24)30(38-32)26-13-7-19-36-26/h1-20H. The summed E-state index contributed by atoms with van der Waals surface area (Å²) < 4.78 is 0. The Balaban J connectivity index is 1.49. The van der Waals surface area contributed by atoms with Gasteiger partial charge in [-0.25, -0.2) is 0 Å². The fraction of sp³-hybridized carbons (Fsp3) is 0. The van der Waals surface area contributed by atoms with Gasteiger partial charge in [-0.2, -0.15) is 0 Å². The van der Waals surface area contributed by atoms with E-state index < -0.39 is 0 Å². The topological polar surface area (TPSA) is 0 Å². The van der Waals surface area contributed by atoms with E-state index in [-0.39, 0.29) is 0 Å². The summed E-state index contributed by atoms with van der Waals surface area (Å²) >= 11 is 11.1. The van der Waals surface area contributed by atoms with Crippen LogP contribution in [0.4, 0.5) is 0 Å². The Morgan fingerprint density at radius 1 is 0.421 bits per heavy atom. The summed E-state index contributed by atoms with van der Waals surface area (Å²) in [6.07, 6.45) is 4.51.